The minimum atomic E-state index is -4.47. The molecule has 0 saturated heterocycles. The smallest absolute Gasteiger partial charge is 0.416 e. The Balaban J connectivity index is 1.53. The molecule has 1 heterocycles. The topological polar surface area (TPSA) is 94.1 Å². The fourth-order valence-corrected chi connectivity index (χ4v) is 5.03. The summed E-state index contributed by atoms with van der Waals surface area (Å²) in [6.45, 7) is 5.34. The lowest BCUT2D eigenvalue weighted by Crippen LogP contribution is -2.47. The van der Waals surface area contributed by atoms with Crippen molar-refractivity contribution in [3.8, 4) is 5.75 Å². The van der Waals surface area contributed by atoms with Crippen LogP contribution in [0.3, 0.4) is 0 Å². The van der Waals surface area contributed by atoms with E-state index in [2.05, 4.69) is 27.7 Å². The highest BCUT2D eigenvalue weighted by molar-refractivity contribution is 6.00. The largest absolute Gasteiger partial charge is 0.488 e. The van der Waals surface area contributed by atoms with Crippen LogP contribution < -0.4 is 15.4 Å². The second kappa shape index (κ2) is 13.9. The van der Waals surface area contributed by atoms with E-state index in [4.69, 9.17) is 4.74 Å². The van der Waals surface area contributed by atoms with Crippen LogP contribution in [0.25, 0.3) is 0 Å². The van der Waals surface area contributed by atoms with Crippen LogP contribution in [0, 0.1) is 5.92 Å². The summed E-state index contributed by atoms with van der Waals surface area (Å²) in [7, 11) is 2.01. The van der Waals surface area contributed by atoms with E-state index in [9.17, 15) is 27.9 Å². The molecule has 3 aromatic carbocycles. The average Bonchev–Trinajstić information content (AvgIpc) is 3.00. The number of aliphatic hydroxyl groups excluding tert-OH is 1. The molecule has 0 aliphatic carbocycles. The highest BCUT2D eigenvalue weighted by Gasteiger charge is 2.32. The Bertz CT molecular complexity index is 1390. The van der Waals surface area contributed by atoms with Gasteiger partial charge in [0.25, 0.3) is 0 Å². The van der Waals surface area contributed by atoms with Gasteiger partial charge < -0.3 is 25.4 Å². The first kappa shape index (κ1) is 31.8. The summed E-state index contributed by atoms with van der Waals surface area (Å²) >= 11 is 0. The van der Waals surface area contributed by atoms with Crippen molar-refractivity contribution >= 4 is 23.3 Å². The summed E-state index contributed by atoms with van der Waals surface area (Å²) < 4.78 is 45.1. The molecule has 0 fully saturated rings. The number of alkyl halides is 3. The van der Waals surface area contributed by atoms with Gasteiger partial charge in [-0.3, -0.25) is 9.69 Å². The first-order valence-corrected chi connectivity index (χ1v) is 14.1. The maximum Gasteiger partial charge on any atom is 0.416 e. The van der Waals surface area contributed by atoms with Gasteiger partial charge in [0.15, 0.2) is 0 Å². The van der Waals surface area contributed by atoms with Gasteiger partial charge in [-0.2, -0.15) is 13.2 Å². The van der Waals surface area contributed by atoms with Crippen molar-refractivity contribution in [3.63, 3.8) is 0 Å². The standard InChI is InChI=1S/C32H37F3N4O4/c1-21-17-39(22(2)20-40)30(41)16-24-15-27(37-31(42)36-26-11-9-25(10-12-26)32(33,34)35)13-14-28(24)43-29(21)19-38(3)18-23-7-5-4-6-8-23/h4-15,21-22,29,40H,16-20H2,1-3H3,(H2,36,37,42)/t21-,22+,29+/m0/s1. The molecular weight excluding hydrogens is 561 g/mol. The molecule has 1 aliphatic rings. The number of carbonyl (C=O) groups is 2. The van der Waals surface area contributed by atoms with Crippen molar-refractivity contribution in [3.05, 3.63) is 89.5 Å². The molecule has 3 amide bonds. The van der Waals surface area contributed by atoms with Crippen LogP contribution in [-0.4, -0.2) is 65.7 Å². The monoisotopic (exact) mass is 598 g/mol. The number of likely N-dealkylation sites (N-methyl/N-ethyl adjacent to an activating group) is 1. The number of benzene rings is 3. The van der Waals surface area contributed by atoms with Crippen LogP contribution in [0.2, 0.25) is 0 Å². The van der Waals surface area contributed by atoms with Gasteiger partial charge in [0.2, 0.25) is 5.91 Å². The van der Waals surface area contributed by atoms with Crippen LogP contribution in [0.4, 0.5) is 29.3 Å². The molecule has 11 heteroatoms. The Morgan fingerprint density at radius 1 is 1.07 bits per heavy atom. The molecule has 8 nitrogen and oxygen atoms in total. The van der Waals surface area contributed by atoms with Gasteiger partial charge in [0.1, 0.15) is 11.9 Å². The molecule has 3 N–H and O–H groups in total. The molecule has 3 aromatic rings. The molecule has 0 radical (unpaired) electrons. The van der Waals surface area contributed by atoms with Crippen molar-refractivity contribution < 1.29 is 32.6 Å². The molecule has 0 aromatic heterocycles. The fourth-order valence-electron chi connectivity index (χ4n) is 5.03. The van der Waals surface area contributed by atoms with Gasteiger partial charge >= 0.3 is 12.2 Å². The Morgan fingerprint density at radius 3 is 2.37 bits per heavy atom. The third-order valence-corrected chi connectivity index (χ3v) is 7.43. The average molecular weight is 599 g/mol. The number of ether oxygens (including phenoxy) is 1. The maximum atomic E-state index is 13.4. The summed E-state index contributed by atoms with van der Waals surface area (Å²) in [6.07, 6.45) is -4.76. The zero-order chi connectivity index (χ0) is 31.1. The van der Waals surface area contributed by atoms with Crippen LogP contribution >= 0.6 is 0 Å². The van der Waals surface area contributed by atoms with Crippen LogP contribution in [0.1, 0.15) is 30.5 Å². The molecule has 3 atom stereocenters. The number of halogens is 3. The van der Waals surface area contributed by atoms with Crippen LogP contribution in [0.5, 0.6) is 5.75 Å². The van der Waals surface area contributed by atoms with Gasteiger partial charge in [-0.05, 0) is 62.0 Å². The maximum absolute atomic E-state index is 13.4. The van der Waals surface area contributed by atoms with Crippen molar-refractivity contribution in [2.45, 2.75) is 45.1 Å². The predicted octanol–water partition coefficient (Wildman–Crippen LogP) is 5.63. The molecule has 1 aliphatic heterocycles. The van der Waals surface area contributed by atoms with Gasteiger partial charge in [0, 0.05) is 42.5 Å². The van der Waals surface area contributed by atoms with E-state index in [1.165, 1.54) is 12.1 Å². The Hall–Kier alpha value is -4.09. The Morgan fingerprint density at radius 2 is 1.72 bits per heavy atom. The summed E-state index contributed by atoms with van der Waals surface area (Å²) in [5.41, 5.74) is 1.49. The minimum absolute atomic E-state index is 0.00495. The second-order valence-corrected chi connectivity index (χ2v) is 11.0. The summed E-state index contributed by atoms with van der Waals surface area (Å²) in [5, 5.41) is 15.1. The molecule has 0 spiro atoms. The Labute approximate surface area is 249 Å². The highest BCUT2D eigenvalue weighted by Crippen LogP contribution is 2.31. The highest BCUT2D eigenvalue weighted by atomic mass is 19.4. The predicted molar refractivity (Wildman–Crippen MR) is 159 cm³/mol. The zero-order valence-electron chi connectivity index (χ0n) is 24.4. The number of rotatable bonds is 8. The number of hydrogen-bond acceptors (Lipinski definition) is 5. The number of fused-ring (bicyclic) bond motifs is 1. The zero-order valence-corrected chi connectivity index (χ0v) is 24.4. The Kier molecular flexibility index (Phi) is 10.3. The van der Waals surface area contributed by atoms with Gasteiger partial charge in [-0.25, -0.2) is 4.79 Å². The van der Waals surface area contributed by atoms with Crippen molar-refractivity contribution in [1.82, 2.24) is 9.80 Å². The third kappa shape index (κ3) is 8.71. The van der Waals surface area contributed by atoms with E-state index < -0.39 is 23.8 Å². The van der Waals surface area contributed by atoms with E-state index in [1.807, 2.05) is 32.2 Å². The van der Waals surface area contributed by atoms with Crippen LogP contribution in [-0.2, 0) is 23.9 Å². The van der Waals surface area contributed by atoms with E-state index >= 15 is 0 Å². The second-order valence-electron chi connectivity index (χ2n) is 11.0. The lowest BCUT2D eigenvalue weighted by atomic mass is 10.0. The quantitative estimate of drug-likeness (QED) is 0.313. The molecule has 0 bridgehead atoms. The molecule has 230 valence electrons. The summed E-state index contributed by atoms with van der Waals surface area (Å²) in [6, 6.07) is 18.2. The number of aliphatic hydroxyl groups is 1. The number of nitrogens with zero attached hydrogens (tertiary/aromatic N) is 2. The lowest BCUT2D eigenvalue weighted by Gasteiger charge is -2.34. The third-order valence-electron chi connectivity index (χ3n) is 7.43. The van der Waals surface area contributed by atoms with Crippen molar-refractivity contribution in [1.29, 1.82) is 0 Å². The van der Waals surface area contributed by atoms with Gasteiger partial charge in [0.05, 0.1) is 24.6 Å². The SMILES string of the molecule is C[C@H](CO)N1C[C@H](C)[C@@H](CN(C)Cc2ccccc2)Oc2ccc(NC(=O)Nc3ccc(C(F)(F)F)cc3)cc2CC1=O. The van der Waals surface area contributed by atoms with E-state index in [0.717, 1.165) is 17.7 Å². The molecule has 4 rings (SSSR count). The molecular formula is C32H37F3N4O4. The van der Waals surface area contributed by atoms with Crippen LogP contribution in [0.15, 0.2) is 72.8 Å². The normalized spacial score (nSPS) is 18.1. The van der Waals surface area contributed by atoms with Crippen molar-refractivity contribution in [2.24, 2.45) is 5.92 Å². The van der Waals surface area contributed by atoms with E-state index in [1.54, 1.807) is 30.0 Å². The first-order valence-electron chi connectivity index (χ1n) is 14.1. The minimum Gasteiger partial charge on any atom is -0.488 e. The summed E-state index contributed by atoms with van der Waals surface area (Å²) in [4.78, 5) is 29.9. The van der Waals surface area contributed by atoms with Gasteiger partial charge in [-0.15, -0.1) is 0 Å². The lowest BCUT2D eigenvalue weighted by molar-refractivity contribution is -0.137. The van der Waals surface area contributed by atoms with E-state index in [0.29, 0.717) is 36.6 Å². The van der Waals surface area contributed by atoms with Crippen molar-refractivity contribution in [2.75, 3.05) is 37.4 Å². The number of amides is 3. The summed E-state index contributed by atoms with van der Waals surface area (Å²) in [5.74, 6) is 0.280. The molecule has 43 heavy (non-hydrogen) atoms. The van der Waals surface area contributed by atoms with E-state index in [-0.39, 0.29) is 36.6 Å². The number of hydrogen-bond donors (Lipinski definition) is 3. The number of carbonyl (C=O) groups excluding carboxylic acids is 2. The first-order chi connectivity index (χ1) is 20.4. The molecule has 0 unspecified atom stereocenters. The number of nitrogens with one attached hydrogen (secondary N) is 2. The number of anilines is 2. The fraction of sp³-hybridized carbons (Fsp3) is 0.375. The number of urea groups is 1. The molecule has 0 saturated carbocycles. The van der Waals surface area contributed by atoms with Gasteiger partial charge in [-0.1, -0.05) is 37.3 Å².